The Bertz CT molecular complexity index is 493. The van der Waals surface area contributed by atoms with Crippen LogP contribution >= 0.6 is 11.6 Å². The molecule has 0 saturated carbocycles. The molecular formula is C12H13ClN4O. The quantitative estimate of drug-likeness (QED) is 0.632. The maximum atomic E-state index is 11.5. The molecule has 2 N–H and O–H groups in total. The van der Waals surface area contributed by atoms with Crippen LogP contribution in [0.3, 0.4) is 0 Å². The lowest BCUT2D eigenvalue weighted by atomic mass is 10.3. The molecule has 94 valence electrons. The number of rotatable bonds is 5. The topological polar surface area (TPSA) is 77.3 Å². The third-order valence-corrected chi connectivity index (χ3v) is 2.35. The molecule has 0 bridgehead atoms. The second-order valence-corrected chi connectivity index (χ2v) is 3.83. The molecule has 0 heterocycles. The van der Waals surface area contributed by atoms with Crippen molar-refractivity contribution in [2.45, 2.75) is 13.3 Å². The van der Waals surface area contributed by atoms with Crippen molar-refractivity contribution >= 4 is 28.9 Å². The minimum absolute atomic E-state index is 0.233. The zero-order chi connectivity index (χ0) is 13.4. The van der Waals surface area contributed by atoms with Gasteiger partial charge in [0.2, 0.25) is 5.71 Å². The minimum atomic E-state index is -0.501. The fraction of sp³-hybridized carbons (Fsp3) is 0.250. The first kappa shape index (κ1) is 14.0. The van der Waals surface area contributed by atoms with Crippen LogP contribution in [0.1, 0.15) is 13.3 Å². The van der Waals surface area contributed by atoms with E-state index in [1.165, 1.54) is 0 Å². The summed E-state index contributed by atoms with van der Waals surface area (Å²) in [6.45, 7) is 2.43. The molecule has 0 atom stereocenters. The summed E-state index contributed by atoms with van der Waals surface area (Å²) in [6, 6.07) is 8.66. The summed E-state index contributed by atoms with van der Waals surface area (Å²) in [5.74, 6) is -0.501. The zero-order valence-electron chi connectivity index (χ0n) is 9.90. The zero-order valence-corrected chi connectivity index (χ0v) is 10.7. The van der Waals surface area contributed by atoms with Crippen LogP contribution in [-0.4, -0.2) is 18.2 Å². The summed E-state index contributed by atoms with van der Waals surface area (Å²) in [5.41, 5.74) is 2.90. The van der Waals surface area contributed by atoms with Gasteiger partial charge in [0, 0.05) is 6.54 Å². The van der Waals surface area contributed by atoms with Gasteiger partial charge in [-0.25, -0.2) is 0 Å². The van der Waals surface area contributed by atoms with E-state index in [4.69, 9.17) is 16.9 Å². The van der Waals surface area contributed by atoms with Gasteiger partial charge in [0.15, 0.2) is 0 Å². The highest BCUT2D eigenvalue weighted by Gasteiger charge is 2.09. The molecule has 0 unspecified atom stereocenters. The Morgan fingerprint density at radius 3 is 2.83 bits per heavy atom. The lowest BCUT2D eigenvalue weighted by Gasteiger charge is -2.04. The number of benzene rings is 1. The van der Waals surface area contributed by atoms with Crippen LogP contribution in [0.4, 0.5) is 5.69 Å². The first-order valence-corrected chi connectivity index (χ1v) is 5.83. The molecule has 0 aliphatic rings. The van der Waals surface area contributed by atoms with E-state index in [1.54, 1.807) is 30.3 Å². The van der Waals surface area contributed by atoms with Crippen molar-refractivity contribution in [1.82, 2.24) is 5.32 Å². The molecule has 0 aromatic heterocycles. The molecule has 6 heteroatoms. The highest BCUT2D eigenvalue weighted by atomic mass is 35.5. The fourth-order valence-electron chi connectivity index (χ4n) is 1.12. The first-order valence-electron chi connectivity index (χ1n) is 5.45. The van der Waals surface area contributed by atoms with Crippen LogP contribution in [0.2, 0.25) is 5.02 Å². The van der Waals surface area contributed by atoms with Crippen molar-refractivity contribution in [1.29, 1.82) is 5.26 Å². The molecule has 5 nitrogen and oxygen atoms in total. The maximum absolute atomic E-state index is 11.5. The van der Waals surface area contributed by atoms with Gasteiger partial charge in [-0.05, 0) is 18.6 Å². The van der Waals surface area contributed by atoms with Crippen molar-refractivity contribution < 1.29 is 4.79 Å². The Morgan fingerprint density at radius 1 is 1.50 bits per heavy atom. The molecule has 0 aliphatic carbocycles. The molecule has 18 heavy (non-hydrogen) atoms. The second-order valence-electron chi connectivity index (χ2n) is 3.42. The number of carbonyl (C=O) groups is 1. The molecule has 0 fully saturated rings. The van der Waals surface area contributed by atoms with Crippen LogP contribution in [0.25, 0.3) is 0 Å². The van der Waals surface area contributed by atoms with E-state index in [1.807, 2.05) is 6.92 Å². The van der Waals surface area contributed by atoms with Gasteiger partial charge in [-0.1, -0.05) is 30.7 Å². The normalized spacial score (nSPS) is 10.6. The van der Waals surface area contributed by atoms with Crippen molar-refractivity contribution in [3.63, 3.8) is 0 Å². The SMILES string of the molecule is CCCNC(=O)/C(C#N)=N\Nc1ccccc1Cl. The minimum Gasteiger partial charge on any atom is -0.350 e. The first-order chi connectivity index (χ1) is 8.69. The van der Waals surface area contributed by atoms with Gasteiger partial charge in [0.1, 0.15) is 6.07 Å². The highest BCUT2D eigenvalue weighted by molar-refractivity contribution is 6.45. The van der Waals surface area contributed by atoms with Crippen LogP contribution in [0.5, 0.6) is 0 Å². The number of para-hydroxylation sites is 1. The molecule has 1 aromatic rings. The van der Waals surface area contributed by atoms with Crippen molar-refractivity contribution in [2.75, 3.05) is 12.0 Å². The number of hydrogen-bond donors (Lipinski definition) is 2. The van der Waals surface area contributed by atoms with E-state index in [9.17, 15) is 4.79 Å². The summed E-state index contributed by atoms with van der Waals surface area (Å²) in [4.78, 5) is 11.5. The standard InChI is InChI=1S/C12H13ClN4O/c1-2-7-15-12(18)11(8-14)17-16-10-6-4-3-5-9(10)13/h3-6,16H,2,7H2,1H3,(H,15,18)/b17-11-. The summed E-state index contributed by atoms with van der Waals surface area (Å²) in [7, 11) is 0. The lowest BCUT2D eigenvalue weighted by molar-refractivity contribution is -0.114. The fourth-order valence-corrected chi connectivity index (χ4v) is 1.29. The molecule has 1 aromatic carbocycles. The largest absolute Gasteiger partial charge is 0.350 e. The number of carbonyl (C=O) groups excluding carboxylic acids is 1. The van der Waals surface area contributed by atoms with Gasteiger partial charge in [0.05, 0.1) is 10.7 Å². The summed E-state index contributed by atoms with van der Waals surface area (Å²) in [5, 5.41) is 15.6. The van der Waals surface area contributed by atoms with Gasteiger partial charge >= 0.3 is 0 Å². The van der Waals surface area contributed by atoms with E-state index < -0.39 is 5.91 Å². The summed E-state index contributed by atoms with van der Waals surface area (Å²) < 4.78 is 0. The van der Waals surface area contributed by atoms with E-state index in [0.717, 1.165) is 6.42 Å². The van der Waals surface area contributed by atoms with Crippen LogP contribution in [0, 0.1) is 11.3 Å². The number of hydrogen-bond acceptors (Lipinski definition) is 4. The third-order valence-electron chi connectivity index (χ3n) is 2.02. The van der Waals surface area contributed by atoms with Crippen LogP contribution < -0.4 is 10.7 Å². The van der Waals surface area contributed by atoms with Crippen molar-refractivity contribution in [3.05, 3.63) is 29.3 Å². The van der Waals surface area contributed by atoms with Gasteiger partial charge in [-0.3, -0.25) is 10.2 Å². The molecule has 0 spiro atoms. The summed E-state index contributed by atoms with van der Waals surface area (Å²) in [6.07, 6.45) is 0.794. The third kappa shape index (κ3) is 4.07. The Hall–Kier alpha value is -2.06. The van der Waals surface area contributed by atoms with Crippen molar-refractivity contribution in [2.24, 2.45) is 5.10 Å². The predicted molar refractivity (Wildman–Crippen MR) is 71.4 cm³/mol. The van der Waals surface area contributed by atoms with E-state index in [2.05, 4.69) is 15.8 Å². The maximum Gasteiger partial charge on any atom is 0.282 e. The van der Waals surface area contributed by atoms with Crippen molar-refractivity contribution in [3.8, 4) is 6.07 Å². The molecular weight excluding hydrogens is 252 g/mol. The van der Waals surface area contributed by atoms with E-state index in [-0.39, 0.29) is 5.71 Å². The molecule has 0 radical (unpaired) electrons. The van der Waals surface area contributed by atoms with Gasteiger partial charge in [-0.15, -0.1) is 0 Å². The number of nitriles is 1. The van der Waals surface area contributed by atoms with Gasteiger partial charge < -0.3 is 5.32 Å². The van der Waals surface area contributed by atoms with Gasteiger partial charge in [-0.2, -0.15) is 10.4 Å². The number of halogens is 1. The Morgan fingerprint density at radius 2 is 2.22 bits per heavy atom. The number of nitrogens with zero attached hydrogens (tertiary/aromatic N) is 2. The van der Waals surface area contributed by atoms with Crippen LogP contribution in [0.15, 0.2) is 29.4 Å². The number of anilines is 1. The Labute approximate surface area is 110 Å². The average molecular weight is 265 g/mol. The Balaban J connectivity index is 2.72. The number of hydrazone groups is 1. The number of amides is 1. The smallest absolute Gasteiger partial charge is 0.282 e. The van der Waals surface area contributed by atoms with E-state index in [0.29, 0.717) is 17.3 Å². The average Bonchev–Trinajstić information content (AvgIpc) is 2.39. The predicted octanol–water partition coefficient (Wildman–Crippen LogP) is 2.16. The molecule has 1 rings (SSSR count). The Kier molecular flexibility index (Phi) is 5.68. The van der Waals surface area contributed by atoms with Crippen LogP contribution in [-0.2, 0) is 4.79 Å². The van der Waals surface area contributed by atoms with E-state index >= 15 is 0 Å². The second kappa shape index (κ2) is 7.30. The number of nitrogens with one attached hydrogen (secondary N) is 2. The molecule has 0 aliphatic heterocycles. The van der Waals surface area contributed by atoms with Gasteiger partial charge in [0.25, 0.3) is 5.91 Å². The molecule has 0 saturated heterocycles. The highest BCUT2D eigenvalue weighted by Crippen LogP contribution is 2.20. The lowest BCUT2D eigenvalue weighted by Crippen LogP contribution is -2.31. The molecule has 1 amide bonds. The summed E-state index contributed by atoms with van der Waals surface area (Å²) >= 11 is 5.90. The monoisotopic (exact) mass is 264 g/mol.